The average molecular weight is 535 g/mol. The summed E-state index contributed by atoms with van der Waals surface area (Å²) in [5.41, 5.74) is 0.509. The molecule has 2 heterocycles. The molecule has 1 aliphatic heterocycles. The maximum Gasteiger partial charge on any atom is 0.322 e. The van der Waals surface area contributed by atoms with Crippen molar-refractivity contribution in [1.29, 1.82) is 0 Å². The molecule has 0 spiro atoms. The minimum absolute atomic E-state index is 0.00454. The van der Waals surface area contributed by atoms with Crippen molar-refractivity contribution >= 4 is 31.8 Å². The van der Waals surface area contributed by atoms with Gasteiger partial charge in [-0.1, -0.05) is 12.0 Å². The Kier molecular flexibility index (Phi) is 7.43. The topological polar surface area (TPSA) is 149 Å². The van der Waals surface area contributed by atoms with E-state index in [0.29, 0.717) is 24.2 Å². The molecule has 0 bridgehead atoms. The third-order valence-electron chi connectivity index (χ3n) is 6.02. The number of anilines is 1. The van der Waals surface area contributed by atoms with Crippen LogP contribution in [0.4, 0.5) is 6.01 Å². The lowest BCUT2D eigenvalue weighted by molar-refractivity contribution is -0.121. The number of carbonyl (C=O) groups excluding carboxylic acids is 1. The molecule has 1 N–H and O–H groups in total. The van der Waals surface area contributed by atoms with Gasteiger partial charge in [0.2, 0.25) is 21.8 Å². The summed E-state index contributed by atoms with van der Waals surface area (Å²) in [5.74, 6) is -0.0616. The van der Waals surface area contributed by atoms with E-state index >= 15 is 0 Å². The minimum Gasteiger partial charge on any atom is -0.497 e. The highest BCUT2D eigenvalue weighted by Gasteiger charge is 2.32. The largest absolute Gasteiger partial charge is 0.497 e. The van der Waals surface area contributed by atoms with Gasteiger partial charge < -0.3 is 9.15 Å². The van der Waals surface area contributed by atoms with E-state index in [-0.39, 0.29) is 46.4 Å². The number of ether oxygens (including phenoxy) is 1. The van der Waals surface area contributed by atoms with Crippen LogP contribution in [-0.2, 0) is 24.7 Å². The number of aromatic nitrogens is 2. The molecule has 1 fully saturated rings. The smallest absolute Gasteiger partial charge is 0.322 e. The third-order valence-corrected chi connectivity index (χ3v) is 9.68. The molecular formula is C23H26N4O7S2. The number of sulfone groups is 1. The highest BCUT2D eigenvalue weighted by atomic mass is 32.2. The normalized spacial score (nSPS) is 15.5. The molecule has 11 nitrogen and oxygen atoms in total. The van der Waals surface area contributed by atoms with Crippen molar-refractivity contribution in [1.82, 2.24) is 14.5 Å². The number of nitrogens with one attached hydrogen (secondary N) is 1. The molecule has 1 amide bonds. The second kappa shape index (κ2) is 10.4. The van der Waals surface area contributed by atoms with Crippen LogP contribution < -0.4 is 10.1 Å². The Balaban J connectivity index is 1.35. The maximum atomic E-state index is 12.9. The second-order valence-electron chi connectivity index (χ2n) is 8.18. The number of amides is 1. The zero-order valence-corrected chi connectivity index (χ0v) is 21.4. The number of sulfonamides is 1. The van der Waals surface area contributed by atoms with Gasteiger partial charge in [0.15, 0.2) is 9.84 Å². The number of hydrogen-bond donors (Lipinski definition) is 1. The van der Waals surface area contributed by atoms with Crippen molar-refractivity contribution in [3.05, 3.63) is 48.5 Å². The first-order valence-electron chi connectivity index (χ1n) is 11.3. The van der Waals surface area contributed by atoms with Crippen molar-refractivity contribution in [2.45, 2.75) is 29.6 Å². The molecule has 3 aromatic rings. The SMILES string of the molecule is CCS(=O)(=O)c1ccc(-c2nnc(NC(=O)C3CCN(S(=O)(=O)c4ccc(OC)cc4)CC3)o2)cc1. The Morgan fingerprint density at radius 1 is 1.00 bits per heavy atom. The average Bonchev–Trinajstić information content (AvgIpc) is 3.37. The van der Waals surface area contributed by atoms with Gasteiger partial charge in [0.1, 0.15) is 5.75 Å². The summed E-state index contributed by atoms with van der Waals surface area (Å²) in [6.07, 6.45) is 0.686. The van der Waals surface area contributed by atoms with Crippen molar-refractivity contribution in [2.75, 3.05) is 31.3 Å². The second-order valence-corrected chi connectivity index (χ2v) is 12.4. The molecule has 0 radical (unpaired) electrons. The van der Waals surface area contributed by atoms with Gasteiger partial charge in [-0.25, -0.2) is 16.8 Å². The van der Waals surface area contributed by atoms with Crippen LogP contribution in [0, 0.1) is 5.92 Å². The zero-order chi connectivity index (χ0) is 25.9. The van der Waals surface area contributed by atoms with Gasteiger partial charge in [-0.2, -0.15) is 4.31 Å². The molecule has 13 heteroatoms. The predicted octanol–water partition coefficient (Wildman–Crippen LogP) is 2.58. The fourth-order valence-electron chi connectivity index (χ4n) is 3.82. The summed E-state index contributed by atoms with van der Waals surface area (Å²) >= 11 is 0. The van der Waals surface area contributed by atoms with Crippen LogP contribution in [0.2, 0.25) is 0 Å². The minimum atomic E-state index is -3.67. The van der Waals surface area contributed by atoms with E-state index in [1.807, 2.05) is 0 Å². The molecule has 1 aliphatic rings. The van der Waals surface area contributed by atoms with Gasteiger partial charge in [0, 0.05) is 24.6 Å². The molecule has 4 rings (SSSR count). The first-order chi connectivity index (χ1) is 17.1. The maximum absolute atomic E-state index is 12.9. The Morgan fingerprint density at radius 2 is 1.61 bits per heavy atom. The van der Waals surface area contributed by atoms with Crippen molar-refractivity contribution < 1.29 is 30.8 Å². The van der Waals surface area contributed by atoms with Crippen LogP contribution in [0.5, 0.6) is 5.75 Å². The first-order valence-corrected chi connectivity index (χ1v) is 14.3. The standard InChI is InChI=1S/C23H26N4O7S2/c1-3-35(29,30)19-8-4-17(5-9-19)22-25-26-23(34-22)24-21(28)16-12-14-27(15-13-16)36(31,32)20-10-6-18(33-2)7-11-20/h4-11,16H,3,12-15H2,1-2H3,(H,24,26,28). The number of nitrogens with zero attached hydrogens (tertiary/aromatic N) is 3. The molecule has 0 aliphatic carbocycles. The Morgan fingerprint density at radius 3 is 2.19 bits per heavy atom. The first kappa shape index (κ1) is 25.8. The van der Waals surface area contributed by atoms with E-state index < -0.39 is 25.8 Å². The van der Waals surface area contributed by atoms with Gasteiger partial charge in [0.25, 0.3) is 0 Å². The molecule has 0 saturated carbocycles. The Labute approximate surface area is 209 Å². The van der Waals surface area contributed by atoms with Crippen LogP contribution in [0.15, 0.2) is 62.7 Å². The number of hydrogen-bond acceptors (Lipinski definition) is 9. The van der Waals surface area contributed by atoms with Gasteiger partial charge >= 0.3 is 6.01 Å². The Hall–Kier alpha value is -3.29. The Bertz CT molecular complexity index is 1430. The summed E-state index contributed by atoms with van der Waals surface area (Å²) in [6.45, 7) is 1.98. The van der Waals surface area contributed by atoms with Crippen LogP contribution >= 0.6 is 0 Å². The summed E-state index contributed by atoms with van der Waals surface area (Å²) in [6, 6.07) is 12.1. The van der Waals surface area contributed by atoms with Crippen LogP contribution in [0.3, 0.4) is 0 Å². The monoisotopic (exact) mass is 534 g/mol. The fraction of sp³-hybridized carbons (Fsp3) is 0.348. The van der Waals surface area contributed by atoms with Gasteiger partial charge in [-0.15, -0.1) is 5.10 Å². The van der Waals surface area contributed by atoms with Crippen molar-refractivity contribution in [3.63, 3.8) is 0 Å². The molecule has 1 saturated heterocycles. The molecule has 192 valence electrons. The summed E-state index contributed by atoms with van der Waals surface area (Å²) in [5, 5.41) is 10.3. The van der Waals surface area contributed by atoms with E-state index in [1.165, 1.54) is 35.7 Å². The molecule has 0 atom stereocenters. The van der Waals surface area contributed by atoms with E-state index in [9.17, 15) is 21.6 Å². The molecule has 2 aromatic carbocycles. The van der Waals surface area contributed by atoms with Crippen molar-refractivity contribution in [3.8, 4) is 17.2 Å². The van der Waals surface area contributed by atoms with Gasteiger partial charge in [0.05, 0.1) is 22.7 Å². The number of carbonyl (C=O) groups is 1. The van der Waals surface area contributed by atoms with E-state index in [1.54, 1.807) is 31.2 Å². The predicted molar refractivity (Wildman–Crippen MR) is 131 cm³/mol. The van der Waals surface area contributed by atoms with Gasteiger partial charge in [-0.05, 0) is 61.4 Å². The fourth-order valence-corrected chi connectivity index (χ4v) is 6.18. The number of benzene rings is 2. The number of methoxy groups -OCH3 is 1. The highest BCUT2D eigenvalue weighted by molar-refractivity contribution is 7.91. The number of piperidine rings is 1. The molecule has 1 aromatic heterocycles. The highest BCUT2D eigenvalue weighted by Crippen LogP contribution is 2.27. The third kappa shape index (κ3) is 5.42. The summed E-state index contributed by atoms with van der Waals surface area (Å²) in [7, 11) is -5.48. The molecule has 0 unspecified atom stereocenters. The summed E-state index contributed by atoms with van der Waals surface area (Å²) < 4.78 is 61.7. The lowest BCUT2D eigenvalue weighted by atomic mass is 9.97. The van der Waals surface area contributed by atoms with Gasteiger partial charge in [-0.3, -0.25) is 10.1 Å². The molecular weight excluding hydrogens is 508 g/mol. The lowest BCUT2D eigenvalue weighted by Crippen LogP contribution is -2.41. The van der Waals surface area contributed by atoms with Crippen LogP contribution in [0.25, 0.3) is 11.5 Å². The summed E-state index contributed by atoms with van der Waals surface area (Å²) in [4.78, 5) is 13.1. The van der Waals surface area contributed by atoms with Crippen molar-refractivity contribution in [2.24, 2.45) is 5.92 Å². The number of rotatable bonds is 8. The lowest BCUT2D eigenvalue weighted by Gasteiger charge is -2.30. The molecule has 36 heavy (non-hydrogen) atoms. The van der Waals surface area contributed by atoms with E-state index in [4.69, 9.17) is 9.15 Å². The quantitative estimate of drug-likeness (QED) is 0.460. The van der Waals surface area contributed by atoms with Crippen LogP contribution in [-0.4, -0.2) is 63.2 Å². The van der Waals surface area contributed by atoms with Crippen LogP contribution in [0.1, 0.15) is 19.8 Å². The zero-order valence-electron chi connectivity index (χ0n) is 19.7. The van der Waals surface area contributed by atoms with E-state index in [2.05, 4.69) is 15.5 Å². The van der Waals surface area contributed by atoms with E-state index in [0.717, 1.165) is 0 Å².